The van der Waals surface area contributed by atoms with Gasteiger partial charge in [0.15, 0.2) is 20.4 Å². The van der Waals surface area contributed by atoms with Crippen LogP contribution in [0, 0.1) is 6.92 Å². The molecule has 0 saturated heterocycles. The Hall–Kier alpha value is -4.41. The summed E-state index contributed by atoms with van der Waals surface area (Å²) < 4.78 is 64.2. The summed E-state index contributed by atoms with van der Waals surface area (Å²) in [5, 5.41) is 0.323. The maximum atomic E-state index is 12.4. The summed E-state index contributed by atoms with van der Waals surface area (Å²) in [4.78, 5) is 3.67. The first kappa shape index (κ1) is 42.7. The Balaban J connectivity index is 0.000000219. The molecule has 56 heavy (non-hydrogen) atoms. The Bertz CT molecular complexity index is 2370. The first-order valence-electron chi connectivity index (χ1n) is 18.5. The summed E-state index contributed by atoms with van der Waals surface area (Å²) in [5.41, 5.74) is 5.54. The van der Waals surface area contributed by atoms with Crippen LogP contribution >= 0.6 is 0 Å². The highest BCUT2D eigenvalue weighted by Crippen LogP contribution is 2.36. The van der Waals surface area contributed by atoms with Gasteiger partial charge in [0, 0.05) is 10.8 Å². The fraction of sp³-hybridized carbons (Fsp3) is 0.277. The molecule has 6 nitrogen and oxygen atoms in total. The van der Waals surface area contributed by atoms with Crippen LogP contribution in [0.3, 0.4) is 0 Å². The number of hydrogen-bond donors (Lipinski definition) is 0. The third kappa shape index (κ3) is 10.3. The van der Waals surface area contributed by atoms with Gasteiger partial charge in [-0.3, -0.25) is 0 Å². The molecule has 6 aromatic carbocycles. The van der Waals surface area contributed by atoms with E-state index >= 15 is 0 Å². The van der Waals surface area contributed by atoms with Gasteiger partial charge >= 0.3 is 10.1 Å². The smallest absolute Gasteiger partial charge is 0.339 e. The third-order valence-corrected chi connectivity index (χ3v) is 13.9. The predicted octanol–water partition coefficient (Wildman–Crippen LogP) is 11.5. The SMILES string of the molecule is CC(C)(C)c1ccc([S+](c2ccc(C(C)(C)C)cc2)c2ccc(C(C)(C)C)cc2)cc1.Cc1ccc(S(=O)(=O)Oc2ccc(S(=O)(=O)[O-])c3ccccc23)cc1. The Morgan fingerprint density at radius 1 is 0.482 bits per heavy atom. The van der Waals surface area contributed by atoms with Crippen molar-refractivity contribution in [3.05, 3.63) is 156 Å². The molecule has 6 rings (SSSR count). The van der Waals surface area contributed by atoms with Gasteiger partial charge in [0.25, 0.3) is 0 Å². The van der Waals surface area contributed by atoms with Crippen molar-refractivity contribution in [1.82, 2.24) is 0 Å². The quantitative estimate of drug-likeness (QED) is 0.0904. The van der Waals surface area contributed by atoms with E-state index in [1.807, 2.05) is 6.92 Å². The van der Waals surface area contributed by atoms with Gasteiger partial charge in [0.2, 0.25) is 0 Å². The van der Waals surface area contributed by atoms with Gasteiger partial charge in [-0.2, -0.15) is 8.42 Å². The second-order valence-electron chi connectivity index (χ2n) is 17.0. The third-order valence-electron chi connectivity index (χ3n) is 9.49. The van der Waals surface area contributed by atoms with Crippen LogP contribution in [0.2, 0.25) is 0 Å². The number of aryl methyl sites for hydroxylation is 1. The van der Waals surface area contributed by atoms with Crippen molar-refractivity contribution >= 4 is 41.9 Å². The number of fused-ring (bicyclic) bond motifs is 1. The van der Waals surface area contributed by atoms with Gasteiger partial charge < -0.3 is 8.74 Å². The molecule has 0 heterocycles. The van der Waals surface area contributed by atoms with Gasteiger partial charge in [-0.25, -0.2) is 8.42 Å². The highest BCUT2D eigenvalue weighted by atomic mass is 32.2. The fourth-order valence-electron chi connectivity index (χ4n) is 6.09. The summed E-state index contributed by atoms with van der Waals surface area (Å²) in [7, 11) is -8.92. The summed E-state index contributed by atoms with van der Waals surface area (Å²) in [6, 6.07) is 42.2. The van der Waals surface area contributed by atoms with Crippen LogP contribution in [0.4, 0.5) is 0 Å². The topological polar surface area (TPSA) is 101 Å². The summed E-state index contributed by atoms with van der Waals surface area (Å²) in [6.45, 7) is 22.3. The molecule has 0 fully saturated rings. The van der Waals surface area contributed by atoms with Gasteiger partial charge in [0.05, 0.1) is 15.8 Å². The molecule has 0 saturated carbocycles. The lowest BCUT2D eigenvalue weighted by molar-refractivity contribution is 0.464. The van der Waals surface area contributed by atoms with Crippen molar-refractivity contribution in [3.63, 3.8) is 0 Å². The molecule has 0 aliphatic carbocycles. The minimum absolute atomic E-state index is 0.0253. The second kappa shape index (κ2) is 16.2. The van der Waals surface area contributed by atoms with Crippen LogP contribution < -0.4 is 4.18 Å². The van der Waals surface area contributed by atoms with E-state index in [1.54, 1.807) is 24.3 Å². The lowest BCUT2D eigenvalue weighted by atomic mass is 9.87. The van der Waals surface area contributed by atoms with Crippen molar-refractivity contribution in [2.24, 2.45) is 0 Å². The van der Waals surface area contributed by atoms with Crippen LogP contribution in [0.25, 0.3) is 10.8 Å². The molecule has 0 atom stereocenters. The van der Waals surface area contributed by atoms with E-state index in [4.69, 9.17) is 4.18 Å². The monoisotopic (exact) mass is 808 g/mol. The highest BCUT2D eigenvalue weighted by molar-refractivity contribution is 7.97. The standard InChI is InChI=1S/C30H39S.C17H14O6S2/c1-28(2,3)22-10-16-25(17-11-22)31(26-18-12-23(13-19-26)29(4,5)6)27-20-14-24(15-21-27)30(7,8)9;1-12-6-8-13(9-7-12)25(21,22)23-16-10-11-17(24(18,19)20)15-5-3-2-4-14(15)16/h10-21H,1-9H3;2-11H,1H3,(H,18,19,20)/q+1;/p-1. The molecule has 6 aromatic rings. The number of benzene rings is 6. The molecule has 0 aromatic heterocycles. The lowest BCUT2D eigenvalue weighted by Gasteiger charge is -2.21. The van der Waals surface area contributed by atoms with Crippen molar-refractivity contribution < 1.29 is 25.6 Å². The molecular weight excluding hydrogens is 757 g/mol. The molecule has 0 amide bonds. The molecule has 0 aliphatic heterocycles. The fourth-order valence-corrected chi connectivity index (χ4v) is 9.76. The van der Waals surface area contributed by atoms with Gasteiger partial charge in [0.1, 0.15) is 15.0 Å². The molecule has 9 heteroatoms. The number of rotatable bonds is 7. The molecule has 0 bridgehead atoms. The highest BCUT2D eigenvalue weighted by Gasteiger charge is 2.30. The van der Waals surface area contributed by atoms with E-state index in [-0.39, 0.29) is 48.6 Å². The first-order chi connectivity index (χ1) is 25.9. The van der Waals surface area contributed by atoms with E-state index in [2.05, 4.69) is 135 Å². The molecule has 0 radical (unpaired) electrons. The molecule has 0 aliphatic rings. The van der Waals surface area contributed by atoms with E-state index in [0.29, 0.717) is 0 Å². The summed E-state index contributed by atoms with van der Waals surface area (Å²) in [5.74, 6) is -0.0522. The van der Waals surface area contributed by atoms with E-state index in [0.717, 1.165) is 11.6 Å². The van der Waals surface area contributed by atoms with Gasteiger partial charge in [-0.1, -0.05) is 141 Å². The zero-order valence-electron chi connectivity index (χ0n) is 33.9. The maximum Gasteiger partial charge on any atom is 0.339 e. The molecule has 0 N–H and O–H groups in total. The average Bonchev–Trinajstić information content (AvgIpc) is 3.11. The predicted molar refractivity (Wildman–Crippen MR) is 228 cm³/mol. The van der Waals surface area contributed by atoms with Crippen LogP contribution in [0.1, 0.15) is 84.6 Å². The lowest BCUT2D eigenvalue weighted by Crippen LogP contribution is -2.13. The largest absolute Gasteiger partial charge is 0.744 e. The van der Waals surface area contributed by atoms with E-state index < -0.39 is 25.1 Å². The Kier molecular flexibility index (Phi) is 12.4. The first-order valence-corrected chi connectivity index (χ1v) is 22.5. The minimum Gasteiger partial charge on any atom is -0.744 e. The number of hydrogen-bond acceptors (Lipinski definition) is 6. The molecule has 0 spiro atoms. The van der Waals surface area contributed by atoms with Crippen molar-refractivity contribution in [2.45, 2.75) is 110 Å². The Labute approximate surface area is 337 Å². The Morgan fingerprint density at radius 2 is 0.857 bits per heavy atom. The molecule has 294 valence electrons. The van der Waals surface area contributed by atoms with Crippen LogP contribution in [0.5, 0.6) is 5.75 Å². The van der Waals surface area contributed by atoms with Crippen molar-refractivity contribution in [3.8, 4) is 5.75 Å². The van der Waals surface area contributed by atoms with Gasteiger partial charge in [-0.15, -0.1) is 0 Å². The zero-order valence-corrected chi connectivity index (χ0v) is 36.3. The average molecular weight is 809 g/mol. The summed E-state index contributed by atoms with van der Waals surface area (Å²) in [6.07, 6.45) is 0. The van der Waals surface area contributed by atoms with E-state index in [9.17, 15) is 21.4 Å². The normalized spacial score (nSPS) is 12.6. The van der Waals surface area contributed by atoms with Gasteiger partial charge in [-0.05, 0) is 101 Å². The van der Waals surface area contributed by atoms with E-state index in [1.165, 1.54) is 61.7 Å². The van der Waals surface area contributed by atoms with Crippen molar-refractivity contribution in [1.29, 1.82) is 0 Å². The van der Waals surface area contributed by atoms with Crippen LogP contribution in [0.15, 0.2) is 158 Å². The summed E-state index contributed by atoms with van der Waals surface area (Å²) >= 11 is 0. The minimum atomic E-state index is -4.70. The maximum absolute atomic E-state index is 12.4. The zero-order chi connectivity index (χ0) is 41.3. The second-order valence-corrected chi connectivity index (χ2v) is 22.0. The van der Waals surface area contributed by atoms with Crippen LogP contribution in [-0.4, -0.2) is 21.4 Å². The van der Waals surface area contributed by atoms with Crippen LogP contribution in [-0.2, 0) is 47.4 Å². The molecular formula is C47H52O6S3. The van der Waals surface area contributed by atoms with Crippen molar-refractivity contribution in [2.75, 3.05) is 0 Å². The Morgan fingerprint density at radius 3 is 1.21 bits per heavy atom. The molecule has 0 unspecified atom stereocenters.